The van der Waals surface area contributed by atoms with Crippen molar-refractivity contribution in [1.82, 2.24) is 0 Å². The van der Waals surface area contributed by atoms with Gasteiger partial charge in [-0.15, -0.1) is 0 Å². The fourth-order valence-corrected chi connectivity index (χ4v) is 7.52. The zero-order valence-electron chi connectivity index (χ0n) is 32.8. The number of aliphatic hydroxyl groups is 10. The molecule has 334 valence electrons. The Morgan fingerprint density at radius 2 is 1.16 bits per heavy atom. The molecule has 4 aliphatic rings. The minimum Gasteiger partial charge on any atom is -0.481 e. The van der Waals surface area contributed by atoms with E-state index >= 15 is 0 Å². The minimum atomic E-state index is -1.87. The van der Waals surface area contributed by atoms with Crippen molar-refractivity contribution in [2.45, 2.75) is 214 Å². The van der Waals surface area contributed by atoms with Crippen LogP contribution in [-0.4, -0.2) is 198 Å². The number of unbranched alkanes of at least 4 members (excludes halogenated alkanes) is 6. The van der Waals surface area contributed by atoms with Gasteiger partial charge < -0.3 is 94.1 Å². The molecular weight excluding hydrogens is 764 g/mol. The fraction of sp³-hybridized carbons (Fsp3) is 0.973. The van der Waals surface area contributed by atoms with Crippen LogP contribution in [0, 0.1) is 0 Å². The Labute approximate surface area is 332 Å². The standard InChI is InChI=1S/C37H66O20/c1-4-12-19(13-10-8-6-5-7-9-11-14-22(40)41)53-36-32(25(44)20(39)16-50-36)57-37-33(28(47)26(45)21(15-38)54-37)56-35-30(49)31(24(43)18(3)52-35)55-34-29(48)27(46)23(42)17(2)51-34/h17-21,23-39,42-49H,4-16H2,1-3H3,(H,40,41). The lowest BCUT2D eigenvalue weighted by atomic mass is 9.96. The maximum atomic E-state index is 11.4. The maximum absolute atomic E-state index is 11.4. The van der Waals surface area contributed by atoms with E-state index in [0.29, 0.717) is 19.3 Å². The van der Waals surface area contributed by atoms with Crippen LogP contribution in [0.2, 0.25) is 0 Å². The molecule has 4 fully saturated rings. The molecule has 4 aliphatic heterocycles. The zero-order valence-corrected chi connectivity index (χ0v) is 32.8. The van der Waals surface area contributed by atoms with Crippen LogP contribution < -0.4 is 0 Å². The molecule has 11 N–H and O–H groups in total. The molecule has 4 saturated heterocycles. The van der Waals surface area contributed by atoms with Gasteiger partial charge in [0.05, 0.1) is 31.5 Å². The largest absolute Gasteiger partial charge is 0.481 e. The van der Waals surface area contributed by atoms with Gasteiger partial charge in [-0.1, -0.05) is 51.9 Å². The number of ether oxygens (including phenoxy) is 8. The van der Waals surface area contributed by atoms with Gasteiger partial charge in [-0.3, -0.25) is 4.79 Å². The van der Waals surface area contributed by atoms with Crippen molar-refractivity contribution in [3.8, 4) is 0 Å². The Hall–Kier alpha value is -1.25. The van der Waals surface area contributed by atoms with E-state index in [9.17, 15) is 55.9 Å². The van der Waals surface area contributed by atoms with E-state index in [0.717, 1.165) is 44.9 Å². The zero-order chi connectivity index (χ0) is 42.0. The predicted molar refractivity (Wildman–Crippen MR) is 192 cm³/mol. The predicted octanol–water partition coefficient (Wildman–Crippen LogP) is -2.27. The third kappa shape index (κ3) is 12.9. The summed E-state index contributed by atoms with van der Waals surface area (Å²) in [6, 6.07) is 0. The number of carbonyl (C=O) groups is 1. The molecule has 0 aliphatic carbocycles. The molecule has 20 unspecified atom stereocenters. The molecule has 0 radical (unpaired) electrons. The Morgan fingerprint density at radius 1 is 0.596 bits per heavy atom. The third-order valence-corrected chi connectivity index (χ3v) is 11.1. The van der Waals surface area contributed by atoms with E-state index in [1.165, 1.54) is 13.8 Å². The number of hydrogen-bond acceptors (Lipinski definition) is 19. The van der Waals surface area contributed by atoms with Gasteiger partial charge in [0.15, 0.2) is 25.2 Å². The molecule has 4 heterocycles. The van der Waals surface area contributed by atoms with Gasteiger partial charge in [-0.2, -0.15) is 0 Å². The average Bonchev–Trinajstić information content (AvgIpc) is 3.17. The van der Waals surface area contributed by atoms with Crippen LogP contribution >= 0.6 is 0 Å². The lowest BCUT2D eigenvalue weighted by molar-refractivity contribution is -0.397. The first-order chi connectivity index (χ1) is 27.1. The summed E-state index contributed by atoms with van der Waals surface area (Å²) in [5.41, 5.74) is 0. The number of carboxylic acids is 1. The van der Waals surface area contributed by atoms with Gasteiger partial charge >= 0.3 is 5.97 Å². The highest BCUT2D eigenvalue weighted by atomic mass is 16.8. The molecule has 0 saturated carbocycles. The second-order valence-electron chi connectivity index (χ2n) is 15.6. The molecule has 4 rings (SSSR count). The summed E-state index contributed by atoms with van der Waals surface area (Å²) in [6.45, 7) is 3.75. The monoisotopic (exact) mass is 830 g/mol. The van der Waals surface area contributed by atoms with Crippen molar-refractivity contribution < 1.29 is 98.9 Å². The van der Waals surface area contributed by atoms with E-state index in [1.807, 2.05) is 6.92 Å². The van der Waals surface area contributed by atoms with Crippen molar-refractivity contribution >= 4 is 5.97 Å². The third-order valence-electron chi connectivity index (χ3n) is 11.1. The normalized spacial score (nSPS) is 43.5. The van der Waals surface area contributed by atoms with Crippen molar-refractivity contribution in [1.29, 1.82) is 0 Å². The SMILES string of the molecule is CCCC(CCCCCCCCCC(=O)O)OC1OCC(O)C(O)C1OC1OC(CO)C(O)C(O)C1OC1OC(C)C(O)C(OC2OC(C)C(O)C(O)C2O)C1O. The van der Waals surface area contributed by atoms with Crippen LogP contribution in [0.1, 0.15) is 91.4 Å². The molecule has 57 heavy (non-hydrogen) atoms. The molecule has 0 aromatic heterocycles. The highest BCUT2D eigenvalue weighted by Gasteiger charge is 2.54. The van der Waals surface area contributed by atoms with Gasteiger partial charge in [0.2, 0.25) is 0 Å². The number of rotatable bonds is 21. The van der Waals surface area contributed by atoms with Crippen LogP contribution in [0.4, 0.5) is 0 Å². The van der Waals surface area contributed by atoms with Crippen LogP contribution in [0.3, 0.4) is 0 Å². The number of carboxylic acid groups (broad SMARTS) is 1. The summed E-state index contributed by atoms with van der Waals surface area (Å²) in [5, 5.41) is 116. The summed E-state index contributed by atoms with van der Waals surface area (Å²) in [7, 11) is 0. The first-order valence-corrected chi connectivity index (χ1v) is 20.2. The lowest BCUT2D eigenvalue weighted by Crippen LogP contribution is -2.67. The van der Waals surface area contributed by atoms with Gasteiger partial charge in [0, 0.05) is 6.42 Å². The molecule has 20 nitrogen and oxygen atoms in total. The molecule has 0 bridgehead atoms. The summed E-state index contributed by atoms with van der Waals surface area (Å²) in [4.78, 5) is 10.7. The summed E-state index contributed by atoms with van der Waals surface area (Å²) in [6.07, 6.45) is -21.6. The Bertz CT molecular complexity index is 1170. The molecular formula is C37H66O20. The minimum absolute atomic E-state index is 0.169. The summed E-state index contributed by atoms with van der Waals surface area (Å²) in [5.74, 6) is -0.793. The van der Waals surface area contributed by atoms with Crippen molar-refractivity contribution in [3.05, 3.63) is 0 Å². The van der Waals surface area contributed by atoms with E-state index < -0.39 is 129 Å². The molecule has 20 atom stereocenters. The van der Waals surface area contributed by atoms with Crippen molar-refractivity contribution in [2.75, 3.05) is 13.2 Å². The lowest BCUT2D eigenvalue weighted by Gasteiger charge is -2.49. The quantitative estimate of drug-likeness (QED) is 0.0544. The molecule has 0 aromatic carbocycles. The summed E-state index contributed by atoms with van der Waals surface area (Å²) >= 11 is 0. The molecule has 0 aromatic rings. The first-order valence-electron chi connectivity index (χ1n) is 20.2. The Balaban J connectivity index is 1.45. The highest BCUT2D eigenvalue weighted by Crippen LogP contribution is 2.35. The van der Waals surface area contributed by atoms with Gasteiger partial charge in [0.25, 0.3) is 0 Å². The number of aliphatic hydroxyl groups excluding tert-OH is 10. The van der Waals surface area contributed by atoms with Crippen LogP contribution in [-0.2, 0) is 42.7 Å². The Kier molecular flexibility index (Phi) is 19.6. The average molecular weight is 831 g/mol. The van der Waals surface area contributed by atoms with Gasteiger partial charge in [-0.05, 0) is 33.1 Å². The van der Waals surface area contributed by atoms with Gasteiger partial charge in [-0.25, -0.2) is 0 Å². The number of aliphatic carboxylic acids is 1. The first kappa shape index (κ1) is 48.4. The second kappa shape index (κ2) is 23.1. The van der Waals surface area contributed by atoms with Crippen LogP contribution in [0.25, 0.3) is 0 Å². The van der Waals surface area contributed by atoms with Crippen molar-refractivity contribution in [3.63, 3.8) is 0 Å². The second-order valence-corrected chi connectivity index (χ2v) is 15.6. The molecule has 0 amide bonds. The van der Waals surface area contributed by atoms with E-state index in [4.69, 9.17) is 43.0 Å². The van der Waals surface area contributed by atoms with Crippen molar-refractivity contribution in [2.24, 2.45) is 0 Å². The fourth-order valence-electron chi connectivity index (χ4n) is 7.52. The Morgan fingerprint density at radius 3 is 1.79 bits per heavy atom. The van der Waals surface area contributed by atoms with E-state index in [-0.39, 0.29) is 19.1 Å². The maximum Gasteiger partial charge on any atom is 0.303 e. The highest BCUT2D eigenvalue weighted by molar-refractivity contribution is 5.66. The van der Waals surface area contributed by atoms with Gasteiger partial charge in [0.1, 0.15) is 79.4 Å². The number of hydrogen-bond donors (Lipinski definition) is 11. The molecule has 20 heteroatoms. The smallest absolute Gasteiger partial charge is 0.303 e. The van der Waals surface area contributed by atoms with Crippen LogP contribution in [0.15, 0.2) is 0 Å². The molecule has 0 spiro atoms. The van der Waals surface area contributed by atoms with E-state index in [2.05, 4.69) is 0 Å². The topological polar surface area (TPSA) is 313 Å². The van der Waals surface area contributed by atoms with E-state index in [1.54, 1.807) is 0 Å². The van der Waals surface area contributed by atoms with Crippen LogP contribution in [0.5, 0.6) is 0 Å². The summed E-state index contributed by atoms with van der Waals surface area (Å²) < 4.78 is 47.0.